The van der Waals surface area contributed by atoms with Crippen LogP contribution in [-0.2, 0) is 71.7 Å². The Morgan fingerprint density at radius 3 is 0.907 bits per heavy atom. The lowest BCUT2D eigenvalue weighted by molar-refractivity contribution is -0.147. The first kappa shape index (κ1) is 144. The molecule has 0 radical (unpaired) electrons. The fourth-order valence-corrected chi connectivity index (χ4v) is 7.95. The molecular formula is C111H201N3O15. The number of hydrogen-bond acceptors (Lipinski definition) is 16. The van der Waals surface area contributed by atoms with Crippen LogP contribution in [0.1, 0.15) is 368 Å². The molecule has 129 heavy (non-hydrogen) atoms. The van der Waals surface area contributed by atoms with Crippen LogP contribution in [0.4, 0.5) is 0 Å². The second kappa shape index (κ2) is 75.5. The van der Waals surface area contributed by atoms with Gasteiger partial charge in [0, 0.05) is 89.1 Å². The summed E-state index contributed by atoms with van der Waals surface area (Å²) in [7, 11) is 3.98. The van der Waals surface area contributed by atoms with Gasteiger partial charge in [0.05, 0.1) is 13.2 Å². The quantitative estimate of drug-likeness (QED) is 0.0257. The van der Waals surface area contributed by atoms with Gasteiger partial charge in [0.15, 0.2) is 28.9 Å². The van der Waals surface area contributed by atoms with Crippen molar-refractivity contribution in [3.63, 3.8) is 0 Å². The minimum atomic E-state index is -0.354. The Bertz CT molecular complexity index is 3300. The highest BCUT2D eigenvalue weighted by molar-refractivity contribution is 5.92. The van der Waals surface area contributed by atoms with Gasteiger partial charge in [0.2, 0.25) is 11.8 Å². The third-order valence-corrected chi connectivity index (χ3v) is 16.7. The topological polar surface area (TPSA) is 234 Å². The summed E-state index contributed by atoms with van der Waals surface area (Å²) in [6.45, 7) is 114. The Morgan fingerprint density at radius 1 is 0.326 bits per heavy atom. The molecule has 18 nitrogen and oxygen atoms in total. The molecule has 0 fully saturated rings. The highest BCUT2D eigenvalue weighted by Crippen LogP contribution is 2.27. The minimum absolute atomic E-state index is 0.00132. The SMILES string of the molecule is C/C=C/C(=O)CCC(C)(C)C.C/C=C/C(=O)OC(C)C(C)(C)C.C/C=C/C(=O)OCC(C)(C)C.C=CC(=O)CCC(C)(C)C.C=CC(=O)N(CC)CCC(C)(C)C.C=CC(=O)OC(C)C(C)(C)C.C=CC(=O)OCC(C)(C)C.C=CCN(CCC(C)(C)C)C(=O)C=C.CC(C)=CC(=O)CC(C)(C)C.CC(C)=CC(=O)CCC(C)(C)C.CN(C)C/C=C/C(=O)CCC(C)(C)C. The van der Waals surface area contributed by atoms with Crippen molar-refractivity contribution in [2.75, 3.05) is 60.0 Å². The maximum absolute atomic E-state index is 11.4. The summed E-state index contributed by atoms with van der Waals surface area (Å²) in [5.74, 6) is -0.104. The highest BCUT2D eigenvalue weighted by atomic mass is 16.6. The zero-order valence-corrected chi connectivity index (χ0v) is 91.8. The number of carbonyl (C=O) groups excluding carboxylic acids is 11. The fourth-order valence-electron chi connectivity index (χ4n) is 7.95. The molecule has 0 aromatic carbocycles. The number of esters is 4. The van der Waals surface area contributed by atoms with Crippen LogP contribution >= 0.6 is 0 Å². The third kappa shape index (κ3) is 136. The number of nitrogens with zero attached hydrogens (tertiary/aromatic N) is 3. The van der Waals surface area contributed by atoms with Crippen molar-refractivity contribution in [1.29, 1.82) is 0 Å². The number of ether oxygens (including phenoxy) is 4. The van der Waals surface area contributed by atoms with Crippen LogP contribution in [0.5, 0.6) is 0 Å². The van der Waals surface area contributed by atoms with Crippen LogP contribution in [0, 0.1) is 59.6 Å². The van der Waals surface area contributed by atoms with Gasteiger partial charge in [-0.1, -0.05) is 303 Å². The summed E-state index contributed by atoms with van der Waals surface area (Å²) in [5, 5.41) is 0. The number of allylic oxidation sites excluding steroid dienone is 10. The van der Waals surface area contributed by atoms with Gasteiger partial charge in [-0.2, -0.15) is 0 Å². The number of likely N-dealkylation sites (N-methyl/N-ethyl adjacent to an activating group) is 2. The van der Waals surface area contributed by atoms with Gasteiger partial charge in [-0.15, -0.1) is 6.58 Å². The van der Waals surface area contributed by atoms with E-state index in [1.807, 2.05) is 168 Å². The molecule has 2 unspecified atom stereocenters. The summed E-state index contributed by atoms with van der Waals surface area (Å²) >= 11 is 0. The van der Waals surface area contributed by atoms with Crippen LogP contribution in [0.2, 0.25) is 0 Å². The average molecular weight is 1820 g/mol. The second-order valence-corrected chi connectivity index (χ2v) is 45.8. The van der Waals surface area contributed by atoms with E-state index in [4.69, 9.17) is 18.9 Å². The Hall–Kier alpha value is -7.99. The van der Waals surface area contributed by atoms with Gasteiger partial charge < -0.3 is 33.6 Å². The predicted molar refractivity (Wildman–Crippen MR) is 554 cm³/mol. The number of amides is 2. The van der Waals surface area contributed by atoms with Crippen LogP contribution < -0.4 is 0 Å². The molecular weight excluding hydrogens is 1620 g/mol. The first-order chi connectivity index (χ1) is 57.8. The molecule has 0 N–H and O–H groups in total. The molecule has 0 aliphatic rings. The number of hydrogen-bond donors (Lipinski definition) is 0. The van der Waals surface area contributed by atoms with Crippen molar-refractivity contribution in [3.05, 3.63) is 148 Å². The fraction of sp³-hybridized carbons (Fsp3) is 0.685. The average Bonchev–Trinajstić information content (AvgIpc) is 0.913. The first-order valence-electron chi connectivity index (χ1n) is 46.0. The van der Waals surface area contributed by atoms with Gasteiger partial charge in [-0.3, -0.25) is 33.6 Å². The summed E-state index contributed by atoms with van der Waals surface area (Å²) in [6, 6.07) is 0. The van der Waals surface area contributed by atoms with E-state index in [-0.39, 0.29) is 136 Å². The zero-order valence-electron chi connectivity index (χ0n) is 91.8. The maximum Gasteiger partial charge on any atom is 0.330 e. The molecule has 2 amide bonds. The van der Waals surface area contributed by atoms with E-state index in [0.717, 1.165) is 75.9 Å². The number of ketones is 5. The van der Waals surface area contributed by atoms with Crippen molar-refractivity contribution < 1.29 is 71.7 Å². The molecule has 0 aliphatic heterocycles. The smallest absolute Gasteiger partial charge is 0.330 e. The van der Waals surface area contributed by atoms with E-state index >= 15 is 0 Å². The summed E-state index contributed by atoms with van der Waals surface area (Å²) in [6.07, 6.45) is 33.9. The van der Waals surface area contributed by atoms with E-state index < -0.39 is 0 Å². The minimum Gasteiger partial charge on any atom is -0.462 e. The molecule has 0 aromatic rings. The molecule has 0 bridgehead atoms. The van der Waals surface area contributed by atoms with Crippen LogP contribution in [0.15, 0.2) is 148 Å². The molecule has 0 spiro atoms. The lowest BCUT2D eigenvalue weighted by Crippen LogP contribution is -2.32. The Kier molecular flexibility index (Phi) is 84.3. The van der Waals surface area contributed by atoms with Crippen molar-refractivity contribution in [3.8, 4) is 0 Å². The molecule has 0 heterocycles. The Labute approximate surface area is 794 Å². The lowest BCUT2D eigenvalue weighted by Gasteiger charge is -2.26. The van der Waals surface area contributed by atoms with Gasteiger partial charge in [-0.25, -0.2) is 19.2 Å². The van der Waals surface area contributed by atoms with Gasteiger partial charge >= 0.3 is 23.9 Å². The number of carbonyl (C=O) groups is 11. The van der Waals surface area contributed by atoms with Gasteiger partial charge in [0.1, 0.15) is 12.2 Å². The van der Waals surface area contributed by atoms with E-state index in [2.05, 4.69) is 185 Å². The Morgan fingerprint density at radius 2 is 0.628 bits per heavy atom. The van der Waals surface area contributed by atoms with Crippen molar-refractivity contribution >= 4 is 64.6 Å². The van der Waals surface area contributed by atoms with E-state index in [1.165, 1.54) is 42.5 Å². The van der Waals surface area contributed by atoms with Crippen molar-refractivity contribution in [2.45, 2.75) is 381 Å². The molecule has 18 heteroatoms. The zero-order chi connectivity index (χ0) is 105. The molecule has 0 saturated carbocycles. The third-order valence-electron chi connectivity index (χ3n) is 16.7. The lowest BCUT2D eigenvalue weighted by atomic mass is 9.89. The second-order valence-electron chi connectivity index (χ2n) is 45.8. The molecule has 0 rings (SSSR count). The standard InChI is InChI=1S/C12H23NO.C12H21NO.C11H21NO.C11H20O.C10H18O2.2C10H18O.2C9H16O2.C9H16O.C8H14O2/c1-12(2,3)9-8-11(14)7-6-10-13(4)5;1-6-9-13(11(14)7-2)10-8-12(3,4)5;1-6-10(13)12(7-2)9-8-11(3,4)5;1-9(2)8-10(12)6-7-11(3,4)5;1-6-7-9(11)12-8(2)10(3,4)5;1-8(2)6-9(11)7-10(3,4)5;1-5-6-9(11)7-8-10(2,3)4;1-6-8(10)11-7(2)9(3,4)5;1-5-6-8(10)11-7-9(2,3)4;1-5-8(10)6-7-9(2,3)4;1-5-7(9)10-6-8(2,3)4/h6-7H,8-10H2,1-5H3;6-7H,1-2,8-10H2,3-5H3;6H,1,7-9H2,2-5H3;8H,6-7H2,1-5H3;6-8H,1-5H3;6H,7H2,1-5H3;5-6H,7-8H2,1-4H3;6-7H,1H2,2-5H3;5-6H,7H2,1-4H3;5H,1,6-7H2,2-4H3;5H,1,6H2,2-4H3/b7-6+;;;;7-6+;;6-5+;;6-5+;;. The van der Waals surface area contributed by atoms with E-state index in [9.17, 15) is 52.7 Å². The molecule has 750 valence electrons. The summed E-state index contributed by atoms with van der Waals surface area (Å²) in [4.78, 5) is 127. The predicted octanol–water partition coefficient (Wildman–Crippen LogP) is 28.0. The highest BCUT2D eigenvalue weighted by Gasteiger charge is 2.25. The summed E-state index contributed by atoms with van der Waals surface area (Å²) in [5.41, 5.74) is 3.99. The Balaban J connectivity index is -0.000000132. The largest absolute Gasteiger partial charge is 0.462 e. The number of rotatable bonds is 33. The van der Waals surface area contributed by atoms with Gasteiger partial charge in [0.25, 0.3) is 0 Å². The van der Waals surface area contributed by atoms with E-state index in [0.29, 0.717) is 51.9 Å². The molecule has 0 aromatic heterocycles. The summed E-state index contributed by atoms with van der Waals surface area (Å²) < 4.78 is 19.9. The van der Waals surface area contributed by atoms with Crippen molar-refractivity contribution in [2.24, 2.45) is 59.6 Å². The van der Waals surface area contributed by atoms with Crippen LogP contribution in [-0.4, -0.2) is 152 Å². The van der Waals surface area contributed by atoms with Crippen LogP contribution in [0.25, 0.3) is 0 Å². The van der Waals surface area contributed by atoms with Gasteiger partial charge in [-0.05, 0) is 224 Å². The first-order valence-corrected chi connectivity index (χ1v) is 46.0. The van der Waals surface area contributed by atoms with Crippen molar-refractivity contribution in [1.82, 2.24) is 14.7 Å². The molecule has 0 aliphatic carbocycles. The van der Waals surface area contributed by atoms with Crippen LogP contribution in [0.3, 0.4) is 0 Å². The molecule has 0 saturated heterocycles. The molecule has 2 atom stereocenters. The normalized spacial score (nSPS) is 12.0. The van der Waals surface area contributed by atoms with E-state index in [1.54, 1.807) is 67.4 Å². The monoisotopic (exact) mass is 1820 g/mol. The maximum atomic E-state index is 11.4.